The first-order valence-corrected chi connectivity index (χ1v) is 6.60. The Labute approximate surface area is 119 Å². The number of hydrogen-bond acceptors (Lipinski definition) is 2. The highest BCUT2D eigenvalue weighted by Gasteiger charge is 2.13. The molecule has 0 aliphatic heterocycles. The Hall–Kier alpha value is -1.43. The van der Waals surface area contributed by atoms with Crippen LogP contribution in [-0.2, 0) is 16.0 Å². The van der Waals surface area contributed by atoms with Crippen LogP contribution in [0.3, 0.4) is 0 Å². The van der Waals surface area contributed by atoms with Gasteiger partial charge in [-0.25, -0.2) is 4.39 Å². The third-order valence-electron chi connectivity index (χ3n) is 2.58. The Morgan fingerprint density at radius 3 is 2.68 bits per heavy atom. The fraction of sp³-hybridized carbons (Fsp3) is 0.385. The summed E-state index contributed by atoms with van der Waals surface area (Å²) in [5.74, 6) is -1.47. The molecule has 0 radical (unpaired) electrons. The van der Waals surface area contributed by atoms with Crippen LogP contribution in [0.5, 0.6) is 0 Å². The topological polar surface area (TPSA) is 66.4 Å². The number of halogens is 2. The number of amides is 1. The standard InChI is InChI=1S/C13H15BrFNO3/c1-8(17)16-10(3-5-13(18)19)6-9-2-4-12(15)11(14)7-9/h2,4,7,10H,3,5-6H2,1H3,(H,16,17)(H,18,19). The molecule has 0 aromatic heterocycles. The average Bonchev–Trinajstić information content (AvgIpc) is 2.30. The van der Waals surface area contributed by atoms with Gasteiger partial charge in [0.15, 0.2) is 0 Å². The van der Waals surface area contributed by atoms with Crippen LogP contribution in [0, 0.1) is 5.82 Å². The van der Waals surface area contributed by atoms with Crippen molar-refractivity contribution in [2.75, 3.05) is 0 Å². The van der Waals surface area contributed by atoms with Gasteiger partial charge in [-0.15, -0.1) is 0 Å². The van der Waals surface area contributed by atoms with Crippen molar-refractivity contribution in [3.8, 4) is 0 Å². The zero-order valence-corrected chi connectivity index (χ0v) is 12.0. The molecule has 1 aromatic carbocycles. The molecule has 0 aliphatic carbocycles. The summed E-state index contributed by atoms with van der Waals surface area (Å²) in [5.41, 5.74) is 0.831. The van der Waals surface area contributed by atoms with Gasteiger partial charge in [-0.2, -0.15) is 0 Å². The number of carboxylic acids is 1. The normalized spacial score (nSPS) is 11.9. The van der Waals surface area contributed by atoms with E-state index in [1.54, 1.807) is 12.1 Å². The number of benzene rings is 1. The molecule has 0 saturated carbocycles. The number of carboxylic acid groups (broad SMARTS) is 1. The first-order valence-electron chi connectivity index (χ1n) is 5.81. The molecule has 0 bridgehead atoms. The maximum atomic E-state index is 13.1. The summed E-state index contributed by atoms with van der Waals surface area (Å²) in [5, 5.41) is 11.4. The van der Waals surface area contributed by atoms with Crippen molar-refractivity contribution < 1.29 is 19.1 Å². The van der Waals surface area contributed by atoms with Gasteiger partial charge in [-0.05, 0) is 46.5 Å². The molecule has 1 atom stereocenters. The van der Waals surface area contributed by atoms with Gasteiger partial charge in [-0.3, -0.25) is 9.59 Å². The molecule has 6 heteroatoms. The highest BCUT2D eigenvalue weighted by atomic mass is 79.9. The van der Waals surface area contributed by atoms with E-state index in [0.29, 0.717) is 17.3 Å². The molecule has 104 valence electrons. The van der Waals surface area contributed by atoms with E-state index in [9.17, 15) is 14.0 Å². The Kier molecular flexibility index (Phi) is 5.95. The lowest BCUT2D eigenvalue weighted by molar-refractivity contribution is -0.137. The number of nitrogens with one attached hydrogen (secondary N) is 1. The second kappa shape index (κ2) is 7.23. The van der Waals surface area contributed by atoms with Crippen molar-refractivity contribution in [3.63, 3.8) is 0 Å². The maximum Gasteiger partial charge on any atom is 0.303 e. The van der Waals surface area contributed by atoms with Crippen molar-refractivity contribution in [1.29, 1.82) is 0 Å². The number of aliphatic carboxylic acids is 1. The molecule has 1 unspecified atom stereocenters. The van der Waals surface area contributed by atoms with Crippen LogP contribution in [0.1, 0.15) is 25.3 Å². The van der Waals surface area contributed by atoms with Gasteiger partial charge < -0.3 is 10.4 Å². The zero-order chi connectivity index (χ0) is 14.4. The fourth-order valence-electron chi connectivity index (χ4n) is 1.76. The van der Waals surface area contributed by atoms with Gasteiger partial charge in [0.1, 0.15) is 5.82 Å². The summed E-state index contributed by atoms with van der Waals surface area (Å²) in [7, 11) is 0. The van der Waals surface area contributed by atoms with E-state index < -0.39 is 5.97 Å². The quantitative estimate of drug-likeness (QED) is 0.841. The van der Waals surface area contributed by atoms with Crippen molar-refractivity contribution in [1.82, 2.24) is 5.32 Å². The summed E-state index contributed by atoms with van der Waals surface area (Å²) < 4.78 is 13.5. The summed E-state index contributed by atoms with van der Waals surface area (Å²) in [6.45, 7) is 1.38. The third-order valence-corrected chi connectivity index (χ3v) is 3.19. The molecular formula is C13H15BrFNO3. The predicted molar refractivity (Wildman–Crippen MR) is 72.3 cm³/mol. The van der Waals surface area contributed by atoms with Crippen molar-refractivity contribution >= 4 is 27.8 Å². The average molecular weight is 332 g/mol. The second-order valence-electron chi connectivity index (χ2n) is 4.28. The van der Waals surface area contributed by atoms with Gasteiger partial charge in [0.2, 0.25) is 5.91 Å². The minimum absolute atomic E-state index is 0.0205. The molecular weight excluding hydrogens is 317 g/mol. The largest absolute Gasteiger partial charge is 0.481 e. The smallest absolute Gasteiger partial charge is 0.303 e. The predicted octanol–water partition coefficient (Wildman–Crippen LogP) is 2.50. The summed E-state index contributed by atoms with van der Waals surface area (Å²) >= 11 is 3.09. The lowest BCUT2D eigenvalue weighted by Gasteiger charge is -2.17. The van der Waals surface area contributed by atoms with Crippen LogP contribution in [0.15, 0.2) is 22.7 Å². The van der Waals surface area contributed by atoms with E-state index >= 15 is 0 Å². The highest BCUT2D eigenvalue weighted by Crippen LogP contribution is 2.18. The molecule has 0 spiro atoms. The second-order valence-corrected chi connectivity index (χ2v) is 5.14. The van der Waals surface area contributed by atoms with E-state index in [1.165, 1.54) is 13.0 Å². The summed E-state index contributed by atoms with van der Waals surface area (Å²) in [6, 6.07) is 4.31. The Bertz CT molecular complexity index is 479. The lowest BCUT2D eigenvalue weighted by atomic mass is 10.0. The molecule has 1 amide bonds. The maximum absolute atomic E-state index is 13.1. The van der Waals surface area contributed by atoms with Gasteiger partial charge in [0.05, 0.1) is 4.47 Å². The van der Waals surface area contributed by atoms with Crippen molar-refractivity contribution in [2.24, 2.45) is 0 Å². The highest BCUT2D eigenvalue weighted by molar-refractivity contribution is 9.10. The van der Waals surface area contributed by atoms with E-state index in [1.807, 2.05) is 0 Å². The van der Waals surface area contributed by atoms with Gasteiger partial charge in [0, 0.05) is 19.4 Å². The van der Waals surface area contributed by atoms with E-state index in [0.717, 1.165) is 5.56 Å². The molecule has 0 saturated heterocycles. The number of carbonyl (C=O) groups is 2. The van der Waals surface area contributed by atoms with Crippen LogP contribution >= 0.6 is 15.9 Å². The summed E-state index contributed by atoms with van der Waals surface area (Å²) in [6.07, 6.45) is 0.781. The molecule has 1 aromatic rings. The lowest BCUT2D eigenvalue weighted by Crippen LogP contribution is -2.35. The zero-order valence-electron chi connectivity index (χ0n) is 10.5. The van der Waals surface area contributed by atoms with Crippen molar-refractivity contribution in [3.05, 3.63) is 34.1 Å². The molecule has 19 heavy (non-hydrogen) atoms. The SMILES string of the molecule is CC(=O)NC(CCC(=O)O)Cc1ccc(F)c(Br)c1. The first-order chi connectivity index (χ1) is 8.88. The van der Waals surface area contributed by atoms with E-state index in [4.69, 9.17) is 5.11 Å². The molecule has 0 heterocycles. The minimum Gasteiger partial charge on any atom is -0.481 e. The van der Waals surface area contributed by atoms with E-state index in [2.05, 4.69) is 21.2 Å². The van der Waals surface area contributed by atoms with Crippen molar-refractivity contribution in [2.45, 2.75) is 32.2 Å². The van der Waals surface area contributed by atoms with Crippen LogP contribution < -0.4 is 5.32 Å². The molecule has 4 nitrogen and oxygen atoms in total. The number of carbonyl (C=O) groups excluding carboxylic acids is 1. The Balaban J connectivity index is 2.71. The van der Waals surface area contributed by atoms with Gasteiger partial charge >= 0.3 is 5.97 Å². The van der Waals surface area contributed by atoms with Crippen LogP contribution in [0.4, 0.5) is 4.39 Å². The molecule has 2 N–H and O–H groups in total. The fourth-order valence-corrected chi connectivity index (χ4v) is 2.19. The van der Waals surface area contributed by atoms with Crippen LogP contribution in [-0.4, -0.2) is 23.0 Å². The molecule has 1 rings (SSSR count). The third kappa shape index (κ3) is 5.83. The molecule has 0 fully saturated rings. The monoisotopic (exact) mass is 331 g/mol. The minimum atomic E-state index is -0.907. The summed E-state index contributed by atoms with van der Waals surface area (Å²) in [4.78, 5) is 21.7. The Morgan fingerprint density at radius 2 is 2.16 bits per heavy atom. The number of hydrogen-bond donors (Lipinski definition) is 2. The first kappa shape index (κ1) is 15.6. The van der Waals surface area contributed by atoms with Crippen LogP contribution in [0.2, 0.25) is 0 Å². The van der Waals surface area contributed by atoms with Gasteiger partial charge in [0.25, 0.3) is 0 Å². The molecule has 0 aliphatic rings. The van der Waals surface area contributed by atoms with Gasteiger partial charge in [-0.1, -0.05) is 6.07 Å². The van der Waals surface area contributed by atoms with E-state index in [-0.39, 0.29) is 24.2 Å². The number of rotatable bonds is 6. The van der Waals surface area contributed by atoms with Crippen LogP contribution in [0.25, 0.3) is 0 Å². The Morgan fingerprint density at radius 1 is 1.47 bits per heavy atom.